The maximum atomic E-state index is 13.0. The SMILES string of the molecule is COc1ccc(OC)c(S(=O)(=O)N2CCN(C(=O)CCC(C)N)CC2)c1. The Morgan fingerprint density at radius 1 is 1.19 bits per heavy atom. The van der Waals surface area contributed by atoms with Crippen LogP contribution in [0.3, 0.4) is 0 Å². The molecule has 0 saturated carbocycles. The van der Waals surface area contributed by atoms with Crippen molar-refractivity contribution in [3.8, 4) is 11.5 Å². The number of ether oxygens (including phenoxy) is 2. The minimum atomic E-state index is -3.74. The largest absolute Gasteiger partial charge is 0.497 e. The molecule has 0 bridgehead atoms. The standard InChI is InChI=1S/C17H27N3O5S/c1-13(18)4-7-17(21)19-8-10-20(11-9-19)26(22,23)16-12-14(24-2)5-6-15(16)25-3/h5-6,12-13H,4,7-11,18H2,1-3H3. The molecule has 9 heteroatoms. The third-order valence-electron chi connectivity index (χ3n) is 4.39. The highest BCUT2D eigenvalue weighted by Crippen LogP contribution is 2.31. The van der Waals surface area contributed by atoms with Crippen LogP contribution in [0.15, 0.2) is 23.1 Å². The third kappa shape index (κ3) is 4.66. The summed E-state index contributed by atoms with van der Waals surface area (Å²) in [5.74, 6) is 0.716. The molecule has 1 unspecified atom stereocenters. The number of hydrogen-bond donors (Lipinski definition) is 1. The summed E-state index contributed by atoms with van der Waals surface area (Å²) in [4.78, 5) is 13.9. The summed E-state index contributed by atoms with van der Waals surface area (Å²) in [6, 6.07) is 4.64. The van der Waals surface area contributed by atoms with Gasteiger partial charge in [0.05, 0.1) is 14.2 Å². The van der Waals surface area contributed by atoms with Crippen LogP contribution in [0, 0.1) is 0 Å². The smallest absolute Gasteiger partial charge is 0.247 e. The molecular weight excluding hydrogens is 358 g/mol. The van der Waals surface area contributed by atoms with Crippen LogP contribution >= 0.6 is 0 Å². The van der Waals surface area contributed by atoms with E-state index in [-0.39, 0.29) is 35.7 Å². The van der Waals surface area contributed by atoms with Gasteiger partial charge in [-0.3, -0.25) is 4.79 Å². The Hall–Kier alpha value is -1.84. The molecular formula is C17H27N3O5S. The number of rotatable bonds is 7. The fourth-order valence-corrected chi connectivity index (χ4v) is 4.40. The summed E-state index contributed by atoms with van der Waals surface area (Å²) in [6.45, 7) is 3.07. The van der Waals surface area contributed by atoms with Crippen molar-refractivity contribution in [1.82, 2.24) is 9.21 Å². The molecule has 2 N–H and O–H groups in total. The lowest BCUT2D eigenvalue weighted by molar-refractivity contribution is -0.132. The van der Waals surface area contributed by atoms with Crippen LogP contribution in [-0.2, 0) is 14.8 Å². The Kier molecular flexibility index (Phi) is 6.85. The van der Waals surface area contributed by atoms with Gasteiger partial charge in [0.15, 0.2) is 0 Å². The first-order valence-electron chi connectivity index (χ1n) is 8.55. The van der Waals surface area contributed by atoms with E-state index >= 15 is 0 Å². The molecule has 1 atom stereocenters. The van der Waals surface area contributed by atoms with Crippen LogP contribution in [0.1, 0.15) is 19.8 Å². The molecule has 1 aliphatic rings. The van der Waals surface area contributed by atoms with Gasteiger partial charge in [-0.05, 0) is 25.5 Å². The van der Waals surface area contributed by atoms with E-state index in [4.69, 9.17) is 15.2 Å². The van der Waals surface area contributed by atoms with E-state index in [9.17, 15) is 13.2 Å². The van der Waals surface area contributed by atoms with Gasteiger partial charge in [0.2, 0.25) is 15.9 Å². The number of benzene rings is 1. The van der Waals surface area contributed by atoms with Crippen molar-refractivity contribution in [3.05, 3.63) is 18.2 Å². The molecule has 1 saturated heterocycles. The van der Waals surface area contributed by atoms with Crippen LogP contribution < -0.4 is 15.2 Å². The molecule has 1 aromatic rings. The van der Waals surface area contributed by atoms with Crippen LogP contribution in [0.2, 0.25) is 0 Å². The molecule has 146 valence electrons. The minimum Gasteiger partial charge on any atom is -0.497 e. The van der Waals surface area contributed by atoms with Gasteiger partial charge in [-0.15, -0.1) is 0 Å². The number of sulfonamides is 1. The van der Waals surface area contributed by atoms with E-state index < -0.39 is 10.0 Å². The van der Waals surface area contributed by atoms with Crippen LogP contribution in [-0.4, -0.2) is 70.0 Å². The van der Waals surface area contributed by atoms with E-state index in [0.717, 1.165) is 0 Å². The Morgan fingerprint density at radius 2 is 1.85 bits per heavy atom. The van der Waals surface area contributed by atoms with Crippen molar-refractivity contribution in [1.29, 1.82) is 0 Å². The Bertz CT molecular complexity index is 728. The van der Waals surface area contributed by atoms with Gasteiger partial charge >= 0.3 is 0 Å². The maximum absolute atomic E-state index is 13.0. The molecule has 0 radical (unpaired) electrons. The second-order valence-corrected chi connectivity index (χ2v) is 8.22. The second-order valence-electron chi connectivity index (χ2n) is 6.32. The molecule has 1 aliphatic heterocycles. The maximum Gasteiger partial charge on any atom is 0.247 e. The number of carbonyl (C=O) groups excluding carboxylic acids is 1. The lowest BCUT2D eigenvalue weighted by Crippen LogP contribution is -2.50. The van der Waals surface area contributed by atoms with Crippen LogP contribution in [0.5, 0.6) is 11.5 Å². The fraction of sp³-hybridized carbons (Fsp3) is 0.588. The lowest BCUT2D eigenvalue weighted by atomic mass is 10.2. The zero-order chi connectivity index (χ0) is 19.3. The first-order chi connectivity index (χ1) is 12.3. The van der Waals surface area contributed by atoms with Gasteiger partial charge < -0.3 is 20.1 Å². The molecule has 8 nitrogen and oxygen atoms in total. The van der Waals surface area contributed by atoms with Crippen molar-refractivity contribution in [3.63, 3.8) is 0 Å². The number of carbonyl (C=O) groups is 1. The topological polar surface area (TPSA) is 102 Å². The summed E-state index contributed by atoms with van der Waals surface area (Å²) >= 11 is 0. The molecule has 1 heterocycles. The third-order valence-corrected chi connectivity index (χ3v) is 6.31. The summed E-state index contributed by atoms with van der Waals surface area (Å²) in [6.07, 6.45) is 1.01. The number of amides is 1. The predicted molar refractivity (Wildman–Crippen MR) is 97.8 cm³/mol. The molecule has 1 amide bonds. The molecule has 0 spiro atoms. The van der Waals surface area contributed by atoms with E-state index in [2.05, 4.69) is 0 Å². The van der Waals surface area contributed by atoms with Crippen molar-refractivity contribution < 1.29 is 22.7 Å². The van der Waals surface area contributed by atoms with Crippen LogP contribution in [0.25, 0.3) is 0 Å². The van der Waals surface area contributed by atoms with E-state index in [1.807, 2.05) is 6.92 Å². The van der Waals surface area contributed by atoms with Gasteiger partial charge in [-0.25, -0.2) is 8.42 Å². The average Bonchev–Trinajstić information content (AvgIpc) is 2.65. The first-order valence-corrected chi connectivity index (χ1v) is 9.99. The summed E-state index contributed by atoms with van der Waals surface area (Å²) < 4.78 is 37.7. The molecule has 0 aliphatic carbocycles. The second kappa shape index (κ2) is 8.70. The fourth-order valence-electron chi connectivity index (χ4n) is 2.81. The van der Waals surface area contributed by atoms with Gasteiger partial charge in [-0.2, -0.15) is 4.31 Å². The predicted octanol–water partition coefficient (Wildman–Crippen LogP) is 0.664. The van der Waals surface area contributed by atoms with Gasteiger partial charge in [0, 0.05) is 44.7 Å². The van der Waals surface area contributed by atoms with Crippen LogP contribution in [0.4, 0.5) is 0 Å². The van der Waals surface area contributed by atoms with E-state index in [0.29, 0.717) is 31.7 Å². The van der Waals surface area contributed by atoms with Crippen molar-refractivity contribution in [2.45, 2.75) is 30.7 Å². The van der Waals surface area contributed by atoms with E-state index in [1.54, 1.807) is 17.0 Å². The summed E-state index contributed by atoms with van der Waals surface area (Å²) in [5, 5.41) is 0. The number of nitrogens with two attached hydrogens (primary N) is 1. The Labute approximate surface area is 154 Å². The number of methoxy groups -OCH3 is 2. The van der Waals surface area contributed by atoms with Crippen molar-refractivity contribution in [2.75, 3.05) is 40.4 Å². The monoisotopic (exact) mass is 385 g/mol. The molecule has 1 aromatic carbocycles. The summed E-state index contributed by atoms with van der Waals surface area (Å²) in [7, 11) is -0.838. The number of piperazine rings is 1. The summed E-state index contributed by atoms with van der Waals surface area (Å²) in [5.41, 5.74) is 5.68. The molecule has 2 rings (SSSR count). The van der Waals surface area contributed by atoms with E-state index in [1.165, 1.54) is 24.6 Å². The zero-order valence-corrected chi connectivity index (χ0v) is 16.3. The number of hydrogen-bond acceptors (Lipinski definition) is 6. The highest BCUT2D eigenvalue weighted by Gasteiger charge is 2.32. The lowest BCUT2D eigenvalue weighted by Gasteiger charge is -2.34. The van der Waals surface area contributed by atoms with Gasteiger partial charge in [0.1, 0.15) is 16.4 Å². The van der Waals surface area contributed by atoms with Gasteiger partial charge in [-0.1, -0.05) is 0 Å². The normalized spacial score (nSPS) is 17.0. The first kappa shape index (κ1) is 20.5. The zero-order valence-electron chi connectivity index (χ0n) is 15.5. The van der Waals surface area contributed by atoms with Crippen molar-refractivity contribution in [2.24, 2.45) is 5.73 Å². The minimum absolute atomic E-state index is 0.0123. The molecule has 0 aromatic heterocycles. The average molecular weight is 385 g/mol. The molecule has 1 fully saturated rings. The Balaban J connectivity index is 2.10. The highest BCUT2D eigenvalue weighted by atomic mass is 32.2. The quantitative estimate of drug-likeness (QED) is 0.740. The Morgan fingerprint density at radius 3 is 2.38 bits per heavy atom. The highest BCUT2D eigenvalue weighted by molar-refractivity contribution is 7.89. The van der Waals surface area contributed by atoms with Gasteiger partial charge in [0.25, 0.3) is 0 Å². The van der Waals surface area contributed by atoms with Crippen molar-refractivity contribution >= 4 is 15.9 Å². The number of nitrogens with zero attached hydrogens (tertiary/aromatic N) is 2. The molecule has 26 heavy (non-hydrogen) atoms.